The highest BCUT2D eigenvalue weighted by atomic mass is 16.3. The van der Waals surface area contributed by atoms with Crippen LogP contribution in [0.2, 0.25) is 0 Å². The molecular weight excluding hydrogens is 260 g/mol. The number of aliphatic hydroxyl groups is 1. The monoisotopic (exact) mass is 288 g/mol. The van der Waals surface area contributed by atoms with Gasteiger partial charge >= 0.3 is 0 Å². The molecule has 116 valence electrons. The molecule has 0 aromatic rings. The number of Topliss-reactive ketones (excluding diaryl/α,β-unsaturated/α-hetero) is 1. The Kier molecular flexibility index (Phi) is 2.96. The van der Waals surface area contributed by atoms with Crippen LogP contribution >= 0.6 is 0 Å². The molecule has 2 nitrogen and oxygen atoms in total. The number of allylic oxidation sites excluding steroid dienone is 1. The van der Waals surface area contributed by atoms with Gasteiger partial charge in [-0.15, -0.1) is 0 Å². The number of hydrogen-bond acceptors (Lipinski definition) is 2. The third-order valence-electron chi connectivity index (χ3n) is 7.77. The maximum Gasteiger partial charge on any atom is 0.139 e. The van der Waals surface area contributed by atoms with Gasteiger partial charge in [-0.05, 0) is 73.7 Å². The van der Waals surface area contributed by atoms with E-state index in [4.69, 9.17) is 0 Å². The van der Waals surface area contributed by atoms with Gasteiger partial charge in [0.1, 0.15) is 5.78 Å². The molecule has 4 aliphatic carbocycles. The summed E-state index contributed by atoms with van der Waals surface area (Å²) in [6, 6.07) is 0. The average molecular weight is 288 g/mol. The first kappa shape index (κ1) is 14.0. The molecule has 0 radical (unpaired) electrons. The Morgan fingerprint density at radius 2 is 1.86 bits per heavy atom. The summed E-state index contributed by atoms with van der Waals surface area (Å²) in [5.74, 6) is 2.48. The molecular formula is C19H28O2. The van der Waals surface area contributed by atoms with Crippen molar-refractivity contribution in [1.29, 1.82) is 0 Å². The molecule has 0 bridgehead atoms. The van der Waals surface area contributed by atoms with Crippen molar-refractivity contribution in [2.75, 3.05) is 0 Å². The Labute approximate surface area is 128 Å². The fraction of sp³-hybridized carbons (Fsp3) is 0.842. The van der Waals surface area contributed by atoms with Crippen molar-refractivity contribution in [3.05, 3.63) is 11.6 Å². The third kappa shape index (κ3) is 1.72. The second-order valence-electron chi connectivity index (χ2n) is 8.52. The zero-order valence-electron chi connectivity index (χ0n) is 13.4. The van der Waals surface area contributed by atoms with Gasteiger partial charge in [-0.25, -0.2) is 0 Å². The van der Waals surface area contributed by atoms with Crippen molar-refractivity contribution in [1.82, 2.24) is 0 Å². The van der Waals surface area contributed by atoms with Crippen LogP contribution in [0.25, 0.3) is 0 Å². The van der Waals surface area contributed by atoms with Gasteiger partial charge in [-0.1, -0.05) is 19.9 Å². The Balaban J connectivity index is 1.72. The molecule has 2 heteroatoms. The molecule has 0 spiro atoms. The van der Waals surface area contributed by atoms with Crippen LogP contribution in [0.15, 0.2) is 11.6 Å². The van der Waals surface area contributed by atoms with E-state index in [-0.39, 0.29) is 16.9 Å². The normalized spacial score (nSPS) is 52.7. The summed E-state index contributed by atoms with van der Waals surface area (Å²) in [5.41, 5.74) is 1.51. The lowest BCUT2D eigenvalue weighted by molar-refractivity contribution is -0.132. The van der Waals surface area contributed by atoms with E-state index in [1.54, 1.807) is 0 Å². The minimum absolute atomic E-state index is 0.0316. The smallest absolute Gasteiger partial charge is 0.139 e. The van der Waals surface area contributed by atoms with E-state index in [0.717, 1.165) is 38.5 Å². The van der Waals surface area contributed by atoms with Gasteiger partial charge in [0.15, 0.2) is 0 Å². The van der Waals surface area contributed by atoms with Crippen LogP contribution in [0, 0.1) is 28.6 Å². The van der Waals surface area contributed by atoms with Gasteiger partial charge in [-0.2, -0.15) is 0 Å². The third-order valence-corrected chi connectivity index (χ3v) is 7.77. The van der Waals surface area contributed by atoms with Crippen LogP contribution in [-0.2, 0) is 4.79 Å². The summed E-state index contributed by atoms with van der Waals surface area (Å²) in [7, 11) is 0. The molecule has 1 N–H and O–H groups in total. The second-order valence-corrected chi connectivity index (χ2v) is 8.52. The van der Waals surface area contributed by atoms with Crippen molar-refractivity contribution in [3.63, 3.8) is 0 Å². The number of hydrogen-bond donors (Lipinski definition) is 1. The summed E-state index contributed by atoms with van der Waals surface area (Å²) in [6.45, 7) is 4.64. The van der Waals surface area contributed by atoms with Crippen molar-refractivity contribution >= 4 is 5.78 Å². The first-order valence-electron chi connectivity index (χ1n) is 8.89. The molecule has 0 aromatic heterocycles. The highest BCUT2D eigenvalue weighted by Crippen LogP contribution is 2.63. The number of rotatable bonds is 0. The Morgan fingerprint density at radius 3 is 2.67 bits per heavy atom. The summed E-state index contributed by atoms with van der Waals surface area (Å²) >= 11 is 0. The molecule has 1 unspecified atom stereocenters. The van der Waals surface area contributed by atoms with Crippen LogP contribution < -0.4 is 0 Å². The van der Waals surface area contributed by atoms with E-state index < -0.39 is 0 Å². The molecule has 3 saturated carbocycles. The van der Waals surface area contributed by atoms with E-state index in [9.17, 15) is 9.90 Å². The Hall–Kier alpha value is -0.630. The predicted molar refractivity (Wildman–Crippen MR) is 82.7 cm³/mol. The lowest BCUT2D eigenvalue weighted by Crippen LogP contribution is -2.51. The summed E-state index contributed by atoms with van der Waals surface area (Å²) < 4.78 is 0. The highest BCUT2D eigenvalue weighted by molar-refractivity contribution is 5.87. The molecule has 0 amide bonds. The Bertz CT molecular complexity index is 508. The lowest BCUT2D eigenvalue weighted by Gasteiger charge is -2.57. The molecule has 0 heterocycles. The molecule has 4 rings (SSSR count). The maximum atomic E-state index is 12.4. The topological polar surface area (TPSA) is 37.3 Å². The molecule has 4 aliphatic rings. The minimum atomic E-state index is -0.205. The summed E-state index contributed by atoms with van der Waals surface area (Å²) in [5, 5.41) is 10.4. The van der Waals surface area contributed by atoms with Crippen molar-refractivity contribution in [3.8, 4) is 0 Å². The first-order chi connectivity index (χ1) is 9.97. The molecule has 3 fully saturated rings. The minimum Gasteiger partial charge on any atom is -0.389 e. The standard InChI is InChI=1S/C19H28O2/c1-18-10-3-4-16(20)15(18)6-5-12-13-7-8-17(21)19(13,2)11-9-14(12)18/h6,12-14,16,20H,3-5,7-11H2,1-2H3/t12-,13-,14+,16?,18+,19-/m0/s1. The SMILES string of the molecule is C[C@]12CCCC(O)C1=CC[C@@H]1[C@H]2CC[C@]2(C)C(=O)CC[C@@H]12. The lowest BCUT2D eigenvalue weighted by atomic mass is 9.48. The average Bonchev–Trinajstić information content (AvgIpc) is 2.75. The first-order valence-corrected chi connectivity index (χ1v) is 8.89. The summed E-state index contributed by atoms with van der Waals surface area (Å²) in [6.07, 6.45) is 10.8. The fourth-order valence-electron chi connectivity index (χ4n) is 6.55. The van der Waals surface area contributed by atoms with Gasteiger partial charge in [0.25, 0.3) is 0 Å². The van der Waals surface area contributed by atoms with E-state index in [1.165, 1.54) is 18.4 Å². The van der Waals surface area contributed by atoms with Gasteiger partial charge in [0.2, 0.25) is 0 Å². The predicted octanol–water partition coefficient (Wildman–Crippen LogP) is 3.88. The van der Waals surface area contributed by atoms with Crippen molar-refractivity contribution in [2.45, 2.75) is 71.3 Å². The quantitative estimate of drug-likeness (QED) is 0.687. The van der Waals surface area contributed by atoms with Crippen molar-refractivity contribution in [2.24, 2.45) is 28.6 Å². The van der Waals surface area contributed by atoms with E-state index >= 15 is 0 Å². The number of carbonyl (C=O) groups excluding carboxylic acids is 1. The van der Waals surface area contributed by atoms with Crippen LogP contribution in [0.3, 0.4) is 0 Å². The van der Waals surface area contributed by atoms with Crippen LogP contribution in [0.1, 0.15) is 65.2 Å². The number of fused-ring (bicyclic) bond motifs is 5. The van der Waals surface area contributed by atoms with E-state index in [1.807, 2.05) is 0 Å². The Morgan fingerprint density at radius 1 is 1.10 bits per heavy atom. The van der Waals surface area contributed by atoms with Gasteiger partial charge in [0.05, 0.1) is 6.10 Å². The second kappa shape index (κ2) is 4.44. The molecule has 6 atom stereocenters. The number of aliphatic hydroxyl groups excluding tert-OH is 1. The molecule has 21 heavy (non-hydrogen) atoms. The van der Waals surface area contributed by atoms with Gasteiger partial charge in [0, 0.05) is 11.8 Å². The number of ketones is 1. The van der Waals surface area contributed by atoms with E-state index in [0.29, 0.717) is 23.5 Å². The van der Waals surface area contributed by atoms with Gasteiger partial charge in [-0.3, -0.25) is 4.79 Å². The fourth-order valence-corrected chi connectivity index (χ4v) is 6.55. The highest BCUT2D eigenvalue weighted by Gasteiger charge is 2.58. The van der Waals surface area contributed by atoms with Crippen LogP contribution in [0.5, 0.6) is 0 Å². The number of carbonyl (C=O) groups is 1. The van der Waals surface area contributed by atoms with Crippen LogP contribution in [0.4, 0.5) is 0 Å². The zero-order chi connectivity index (χ0) is 14.8. The molecule has 0 saturated heterocycles. The van der Waals surface area contributed by atoms with Gasteiger partial charge < -0.3 is 5.11 Å². The molecule has 0 aromatic carbocycles. The maximum absolute atomic E-state index is 12.4. The van der Waals surface area contributed by atoms with Crippen LogP contribution in [-0.4, -0.2) is 17.0 Å². The van der Waals surface area contributed by atoms with Crippen molar-refractivity contribution < 1.29 is 9.90 Å². The molecule has 0 aliphatic heterocycles. The van der Waals surface area contributed by atoms with E-state index in [2.05, 4.69) is 19.9 Å². The largest absolute Gasteiger partial charge is 0.389 e. The zero-order valence-corrected chi connectivity index (χ0v) is 13.4. The summed E-state index contributed by atoms with van der Waals surface area (Å²) in [4.78, 5) is 12.4.